The van der Waals surface area contributed by atoms with Crippen molar-refractivity contribution in [1.29, 1.82) is 0 Å². The molecule has 0 amide bonds. The van der Waals surface area contributed by atoms with Crippen LogP contribution in [0.5, 0.6) is 0 Å². The monoisotopic (exact) mass is 306 g/mol. The van der Waals surface area contributed by atoms with E-state index in [1.54, 1.807) is 11.3 Å². The number of rotatable bonds is 6. The molecule has 0 aromatic carbocycles. The van der Waals surface area contributed by atoms with Crippen molar-refractivity contribution in [3.8, 4) is 0 Å². The molecule has 1 aliphatic carbocycles. The van der Waals surface area contributed by atoms with Crippen LogP contribution in [0, 0.1) is 5.92 Å². The van der Waals surface area contributed by atoms with E-state index < -0.39 is 5.97 Å². The smallest absolute Gasteiger partial charge is 0.303 e. The highest BCUT2D eigenvalue weighted by Crippen LogP contribution is 2.31. The normalized spacial score (nSPS) is 18.0. The standard InChI is InChI=1S/C16H22N2O2S/c1-2-4-11-7-8-13-14(9-11)18-12(5-3-6-15(19)20)10-21-16(18)17-13/h10-11H,2-9H2,1H3,(H,19,20). The zero-order valence-corrected chi connectivity index (χ0v) is 13.3. The number of fused-ring (bicyclic) bond motifs is 3. The summed E-state index contributed by atoms with van der Waals surface area (Å²) in [7, 11) is 0. The van der Waals surface area contributed by atoms with Crippen LogP contribution >= 0.6 is 11.3 Å². The summed E-state index contributed by atoms with van der Waals surface area (Å²) in [4.78, 5) is 16.5. The minimum Gasteiger partial charge on any atom is -0.481 e. The molecule has 1 aliphatic rings. The number of carbonyl (C=O) groups is 1. The maximum Gasteiger partial charge on any atom is 0.303 e. The Morgan fingerprint density at radius 3 is 3.19 bits per heavy atom. The van der Waals surface area contributed by atoms with Gasteiger partial charge in [-0.15, -0.1) is 11.3 Å². The molecule has 0 spiro atoms. The van der Waals surface area contributed by atoms with Gasteiger partial charge in [-0.25, -0.2) is 4.98 Å². The quantitative estimate of drug-likeness (QED) is 0.885. The Labute approximate surface area is 128 Å². The predicted molar refractivity (Wildman–Crippen MR) is 84.1 cm³/mol. The lowest BCUT2D eigenvalue weighted by molar-refractivity contribution is -0.137. The molecule has 114 valence electrons. The van der Waals surface area contributed by atoms with Gasteiger partial charge in [0.15, 0.2) is 4.96 Å². The van der Waals surface area contributed by atoms with Gasteiger partial charge < -0.3 is 5.11 Å². The Hall–Kier alpha value is -1.36. The third-order valence-electron chi connectivity index (χ3n) is 4.40. The summed E-state index contributed by atoms with van der Waals surface area (Å²) in [5.41, 5.74) is 3.90. The van der Waals surface area contributed by atoms with E-state index in [9.17, 15) is 4.79 Å². The Kier molecular flexibility index (Phi) is 4.29. The first-order valence-electron chi connectivity index (χ1n) is 7.87. The molecule has 2 aromatic rings. The van der Waals surface area contributed by atoms with Crippen LogP contribution in [0.3, 0.4) is 0 Å². The van der Waals surface area contributed by atoms with Gasteiger partial charge in [-0.05, 0) is 38.0 Å². The Balaban J connectivity index is 1.83. The number of aromatic nitrogens is 2. The fourth-order valence-electron chi connectivity index (χ4n) is 3.39. The lowest BCUT2D eigenvalue weighted by atomic mass is 9.86. The minimum absolute atomic E-state index is 0.243. The zero-order chi connectivity index (χ0) is 14.8. The second-order valence-electron chi connectivity index (χ2n) is 6.00. The second-order valence-corrected chi connectivity index (χ2v) is 6.83. The van der Waals surface area contributed by atoms with Crippen molar-refractivity contribution in [1.82, 2.24) is 9.38 Å². The lowest BCUT2D eigenvalue weighted by Crippen LogP contribution is -2.15. The number of thiazole rings is 1. The van der Waals surface area contributed by atoms with Crippen LogP contribution < -0.4 is 0 Å². The van der Waals surface area contributed by atoms with Crippen LogP contribution in [-0.2, 0) is 24.1 Å². The van der Waals surface area contributed by atoms with Crippen molar-refractivity contribution in [2.24, 2.45) is 5.92 Å². The van der Waals surface area contributed by atoms with Crippen molar-refractivity contribution in [3.05, 3.63) is 22.5 Å². The van der Waals surface area contributed by atoms with E-state index in [1.165, 1.54) is 36.3 Å². The fourth-order valence-corrected chi connectivity index (χ4v) is 4.36. The van der Waals surface area contributed by atoms with Gasteiger partial charge in [-0.3, -0.25) is 9.20 Å². The van der Waals surface area contributed by atoms with Crippen molar-refractivity contribution < 1.29 is 9.90 Å². The molecule has 0 fully saturated rings. The van der Waals surface area contributed by atoms with Crippen LogP contribution in [0.15, 0.2) is 5.38 Å². The first-order chi connectivity index (χ1) is 10.2. The Morgan fingerprint density at radius 1 is 1.57 bits per heavy atom. The van der Waals surface area contributed by atoms with Crippen LogP contribution in [0.25, 0.3) is 4.96 Å². The van der Waals surface area contributed by atoms with E-state index >= 15 is 0 Å². The lowest BCUT2D eigenvalue weighted by Gasteiger charge is -2.21. The summed E-state index contributed by atoms with van der Waals surface area (Å²) in [5, 5.41) is 10.9. The zero-order valence-electron chi connectivity index (χ0n) is 12.5. The molecule has 4 nitrogen and oxygen atoms in total. The summed E-state index contributed by atoms with van der Waals surface area (Å²) < 4.78 is 2.31. The number of aliphatic carboxylic acids is 1. The van der Waals surface area contributed by atoms with Gasteiger partial charge in [-0.1, -0.05) is 19.8 Å². The topological polar surface area (TPSA) is 54.6 Å². The Morgan fingerprint density at radius 2 is 2.43 bits per heavy atom. The van der Waals surface area contributed by atoms with E-state index in [4.69, 9.17) is 10.1 Å². The summed E-state index contributed by atoms with van der Waals surface area (Å²) >= 11 is 1.69. The van der Waals surface area contributed by atoms with E-state index in [1.807, 2.05) is 0 Å². The van der Waals surface area contributed by atoms with Crippen LogP contribution in [0.2, 0.25) is 0 Å². The molecular weight excluding hydrogens is 284 g/mol. The molecule has 2 heterocycles. The van der Waals surface area contributed by atoms with Crippen molar-refractivity contribution in [2.75, 3.05) is 0 Å². The fraction of sp³-hybridized carbons (Fsp3) is 0.625. The third kappa shape index (κ3) is 2.98. The largest absolute Gasteiger partial charge is 0.481 e. The number of nitrogens with zero attached hydrogens (tertiary/aromatic N) is 2. The number of imidazole rings is 1. The van der Waals surface area contributed by atoms with E-state index in [-0.39, 0.29) is 6.42 Å². The highest BCUT2D eigenvalue weighted by atomic mass is 32.1. The Bertz CT molecular complexity index is 644. The molecule has 0 saturated heterocycles. The molecular formula is C16H22N2O2S. The number of aryl methyl sites for hydroxylation is 2. The van der Waals surface area contributed by atoms with Crippen LogP contribution in [-0.4, -0.2) is 20.5 Å². The van der Waals surface area contributed by atoms with E-state index in [0.29, 0.717) is 6.42 Å². The maximum absolute atomic E-state index is 10.7. The SMILES string of the molecule is CCCC1CCc2nc3scc(CCCC(=O)O)n3c2C1. The first kappa shape index (κ1) is 14.6. The molecule has 1 unspecified atom stereocenters. The van der Waals surface area contributed by atoms with Crippen LogP contribution in [0.4, 0.5) is 0 Å². The molecule has 0 aliphatic heterocycles. The van der Waals surface area contributed by atoms with Gasteiger partial charge in [0.1, 0.15) is 0 Å². The van der Waals surface area contributed by atoms with Gasteiger partial charge in [0, 0.05) is 23.2 Å². The summed E-state index contributed by atoms with van der Waals surface area (Å²) in [5.74, 6) is 0.0753. The molecule has 1 atom stereocenters. The molecule has 3 rings (SSSR count). The van der Waals surface area contributed by atoms with E-state index in [2.05, 4.69) is 16.7 Å². The number of carboxylic acids is 1. The van der Waals surface area contributed by atoms with E-state index in [0.717, 1.165) is 30.1 Å². The van der Waals surface area contributed by atoms with Gasteiger partial charge in [0.25, 0.3) is 0 Å². The maximum atomic E-state index is 10.7. The van der Waals surface area contributed by atoms with Crippen molar-refractivity contribution in [3.63, 3.8) is 0 Å². The number of hydrogen-bond donors (Lipinski definition) is 1. The van der Waals surface area contributed by atoms with Crippen LogP contribution in [0.1, 0.15) is 56.1 Å². The van der Waals surface area contributed by atoms with Gasteiger partial charge >= 0.3 is 5.97 Å². The van der Waals surface area contributed by atoms with Gasteiger partial charge in [0.2, 0.25) is 0 Å². The predicted octanol–water partition coefficient (Wildman–Crippen LogP) is 3.71. The molecule has 1 N–H and O–H groups in total. The average molecular weight is 306 g/mol. The summed E-state index contributed by atoms with van der Waals surface area (Å²) in [6, 6.07) is 0. The second kappa shape index (κ2) is 6.18. The van der Waals surface area contributed by atoms with Crippen molar-refractivity contribution >= 4 is 22.3 Å². The molecule has 5 heteroatoms. The highest BCUT2D eigenvalue weighted by molar-refractivity contribution is 7.15. The molecule has 21 heavy (non-hydrogen) atoms. The molecule has 2 aromatic heterocycles. The highest BCUT2D eigenvalue weighted by Gasteiger charge is 2.24. The average Bonchev–Trinajstić information content (AvgIpc) is 2.99. The molecule has 0 bridgehead atoms. The molecule has 0 saturated carbocycles. The number of carboxylic acid groups (broad SMARTS) is 1. The van der Waals surface area contributed by atoms with Gasteiger partial charge in [0.05, 0.1) is 5.69 Å². The first-order valence-corrected chi connectivity index (χ1v) is 8.75. The third-order valence-corrected chi connectivity index (χ3v) is 5.28. The number of hydrogen-bond acceptors (Lipinski definition) is 3. The minimum atomic E-state index is -0.711. The van der Waals surface area contributed by atoms with Gasteiger partial charge in [-0.2, -0.15) is 0 Å². The summed E-state index contributed by atoms with van der Waals surface area (Å²) in [6.45, 7) is 2.25. The molecule has 0 radical (unpaired) electrons. The summed E-state index contributed by atoms with van der Waals surface area (Å²) in [6.07, 6.45) is 7.81. The van der Waals surface area contributed by atoms with Crippen molar-refractivity contribution in [2.45, 2.75) is 58.3 Å².